The highest BCUT2D eigenvalue weighted by Crippen LogP contribution is 2.40. The predicted molar refractivity (Wildman–Crippen MR) is 101 cm³/mol. The average molecular weight is 478 g/mol. The molecule has 0 radical (unpaired) electrons. The van der Waals surface area contributed by atoms with Gasteiger partial charge in [-0.15, -0.1) is 0 Å². The Balaban J connectivity index is 1.92. The number of rotatable bonds is 5. The Morgan fingerprint density at radius 3 is 2.54 bits per heavy atom. The summed E-state index contributed by atoms with van der Waals surface area (Å²) in [5.41, 5.74) is 3.40. The fourth-order valence-electron chi connectivity index (χ4n) is 1.68. The lowest BCUT2D eigenvalue weighted by Gasteiger charge is -2.07. The van der Waals surface area contributed by atoms with Gasteiger partial charge in [0, 0.05) is 16.3 Å². The first-order valence-electron chi connectivity index (χ1n) is 6.59. The number of hydrogen-bond acceptors (Lipinski definition) is 5. The Morgan fingerprint density at radius 2 is 1.88 bits per heavy atom. The fourth-order valence-corrected chi connectivity index (χ4v) is 2.96. The minimum atomic E-state index is -0.363. The van der Waals surface area contributed by atoms with Crippen LogP contribution in [0.2, 0.25) is 5.02 Å². The maximum Gasteiger partial charge on any atom is 0.259 e. The topological polar surface area (TPSA) is 94.0 Å². The number of phenolic OH excluding ortho intramolecular Hbond substituents is 2. The molecule has 0 aromatic heterocycles. The summed E-state index contributed by atoms with van der Waals surface area (Å²) in [6.45, 7) is 0.0217. The van der Waals surface area contributed by atoms with Crippen LogP contribution in [0.25, 0.3) is 0 Å². The Morgan fingerprint density at radius 1 is 1.21 bits per heavy atom. The van der Waals surface area contributed by atoms with Gasteiger partial charge in [-0.25, -0.2) is 5.43 Å². The van der Waals surface area contributed by atoms with E-state index in [1.54, 1.807) is 24.3 Å². The van der Waals surface area contributed by atoms with Gasteiger partial charge in [-0.1, -0.05) is 11.6 Å². The number of amides is 1. The number of carbonyl (C=O) groups is 1. The second-order valence-corrected chi connectivity index (χ2v) is 6.70. The molecule has 0 saturated carbocycles. The minimum absolute atomic E-state index is 0.0217. The zero-order valence-corrected chi connectivity index (χ0v) is 16.0. The van der Waals surface area contributed by atoms with Crippen molar-refractivity contribution in [3.63, 3.8) is 0 Å². The number of benzene rings is 2. The third-order valence-electron chi connectivity index (χ3n) is 2.89. The monoisotopic (exact) mass is 475 g/mol. The molecule has 0 fully saturated rings. The molecule has 0 atom stereocenters. The summed E-state index contributed by atoms with van der Waals surface area (Å²) in [6.07, 6.45) is 1.27. The molecular weight excluding hydrogens is 465 g/mol. The van der Waals surface area contributed by atoms with Crippen molar-refractivity contribution in [2.24, 2.45) is 5.10 Å². The molecule has 126 valence electrons. The Kier molecular flexibility index (Phi) is 6.47. The number of carbonyl (C=O) groups excluding carboxylic acids is 1. The van der Waals surface area contributed by atoms with Crippen LogP contribution in [-0.4, -0.2) is 28.9 Å². The number of anilines is 1. The maximum atomic E-state index is 11.7. The predicted octanol–water partition coefficient (Wildman–Crippen LogP) is 3.84. The summed E-state index contributed by atoms with van der Waals surface area (Å²) in [5, 5.41) is 26.8. The number of hydrogen-bond donors (Lipinski definition) is 4. The number of nitrogens with one attached hydrogen (secondary N) is 2. The van der Waals surface area contributed by atoms with Crippen molar-refractivity contribution < 1.29 is 15.0 Å². The van der Waals surface area contributed by atoms with Gasteiger partial charge in [0.2, 0.25) is 0 Å². The van der Waals surface area contributed by atoms with Gasteiger partial charge in [0.1, 0.15) is 16.0 Å². The van der Waals surface area contributed by atoms with Crippen LogP contribution in [0.15, 0.2) is 44.4 Å². The third-order valence-corrected chi connectivity index (χ3v) is 4.50. The lowest BCUT2D eigenvalue weighted by Crippen LogP contribution is -2.25. The van der Waals surface area contributed by atoms with Crippen LogP contribution in [0.3, 0.4) is 0 Å². The van der Waals surface area contributed by atoms with Crippen LogP contribution in [-0.2, 0) is 4.79 Å². The van der Waals surface area contributed by atoms with Gasteiger partial charge >= 0.3 is 0 Å². The molecule has 0 saturated heterocycles. The minimum Gasteiger partial charge on any atom is -0.506 e. The van der Waals surface area contributed by atoms with Crippen molar-refractivity contribution in [1.82, 2.24) is 5.43 Å². The molecule has 0 aliphatic rings. The molecule has 0 spiro atoms. The SMILES string of the molecule is O=C(CNc1ccc(Cl)cc1)N/N=C/c1cc(Br)c(O)c(Br)c1O. The molecule has 6 nitrogen and oxygen atoms in total. The first kappa shape index (κ1) is 18.6. The number of halogens is 3. The van der Waals surface area contributed by atoms with Gasteiger partial charge in [0.25, 0.3) is 5.91 Å². The zero-order valence-electron chi connectivity index (χ0n) is 12.1. The van der Waals surface area contributed by atoms with E-state index in [-0.39, 0.29) is 28.4 Å². The first-order chi connectivity index (χ1) is 11.4. The molecule has 9 heteroatoms. The van der Waals surface area contributed by atoms with Gasteiger partial charge in [0.15, 0.2) is 0 Å². The van der Waals surface area contributed by atoms with Crippen LogP contribution < -0.4 is 10.7 Å². The van der Waals surface area contributed by atoms with Crippen LogP contribution in [0.1, 0.15) is 5.56 Å². The standard InChI is InChI=1S/C15H12Br2ClN3O3/c16-11-5-8(14(23)13(17)15(11)24)6-20-21-12(22)7-19-10-3-1-9(18)2-4-10/h1-6,19,23-24H,7H2,(H,21,22)/b20-6+. The van der Waals surface area contributed by atoms with Gasteiger partial charge in [-0.3, -0.25) is 4.79 Å². The number of aromatic hydroxyl groups is 2. The molecule has 0 aliphatic heterocycles. The normalized spacial score (nSPS) is 10.8. The highest BCUT2D eigenvalue weighted by atomic mass is 79.9. The Hall–Kier alpha value is -1.77. The molecule has 0 bridgehead atoms. The molecule has 2 aromatic carbocycles. The molecule has 0 heterocycles. The van der Waals surface area contributed by atoms with Crippen LogP contribution >= 0.6 is 43.5 Å². The summed E-state index contributed by atoms with van der Waals surface area (Å²) < 4.78 is 0.512. The van der Waals surface area contributed by atoms with Crippen molar-refractivity contribution in [2.75, 3.05) is 11.9 Å². The van der Waals surface area contributed by atoms with Crippen LogP contribution in [0.5, 0.6) is 11.5 Å². The van der Waals surface area contributed by atoms with E-state index in [4.69, 9.17) is 11.6 Å². The summed E-state index contributed by atoms with van der Waals surface area (Å²) in [4.78, 5) is 11.7. The molecule has 0 unspecified atom stereocenters. The highest BCUT2D eigenvalue weighted by Gasteiger charge is 2.12. The number of nitrogens with zero attached hydrogens (tertiary/aromatic N) is 1. The fraction of sp³-hybridized carbons (Fsp3) is 0.0667. The zero-order chi connectivity index (χ0) is 17.7. The molecule has 0 aliphatic carbocycles. The van der Waals surface area contributed by atoms with Crippen LogP contribution in [0.4, 0.5) is 5.69 Å². The first-order valence-corrected chi connectivity index (χ1v) is 8.56. The Labute approximate surface area is 159 Å². The van der Waals surface area contributed by atoms with E-state index in [9.17, 15) is 15.0 Å². The van der Waals surface area contributed by atoms with Gasteiger partial charge in [-0.05, 0) is 62.2 Å². The van der Waals surface area contributed by atoms with E-state index in [0.29, 0.717) is 15.1 Å². The lowest BCUT2D eigenvalue weighted by atomic mass is 10.2. The summed E-state index contributed by atoms with van der Waals surface area (Å²) >= 11 is 12.0. The van der Waals surface area contributed by atoms with E-state index in [1.165, 1.54) is 12.3 Å². The number of phenols is 2. The molecule has 4 N–H and O–H groups in total. The average Bonchev–Trinajstić information content (AvgIpc) is 2.57. The number of hydrazone groups is 1. The van der Waals surface area contributed by atoms with Crippen molar-refractivity contribution in [1.29, 1.82) is 0 Å². The van der Waals surface area contributed by atoms with E-state index in [1.807, 2.05) is 0 Å². The van der Waals surface area contributed by atoms with Gasteiger partial charge in [0.05, 0.1) is 17.2 Å². The highest BCUT2D eigenvalue weighted by molar-refractivity contribution is 9.11. The molecule has 2 aromatic rings. The maximum absolute atomic E-state index is 11.7. The van der Waals surface area contributed by atoms with Crippen LogP contribution in [0, 0.1) is 0 Å². The van der Waals surface area contributed by atoms with E-state index in [0.717, 1.165) is 5.69 Å². The summed E-state index contributed by atoms with van der Waals surface area (Å²) in [7, 11) is 0. The second kappa shape index (κ2) is 8.36. The van der Waals surface area contributed by atoms with Crippen molar-refractivity contribution in [3.8, 4) is 11.5 Å². The molecule has 1 amide bonds. The molecule has 24 heavy (non-hydrogen) atoms. The smallest absolute Gasteiger partial charge is 0.259 e. The van der Waals surface area contributed by atoms with Gasteiger partial charge < -0.3 is 15.5 Å². The van der Waals surface area contributed by atoms with E-state index >= 15 is 0 Å². The van der Waals surface area contributed by atoms with Crippen molar-refractivity contribution in [3.05, 3.63) is 49.9 Å². The van der Waals surface area contributed by atoms with E-state index < -0.39 is 0 Å². The van der Waals surface area contributed by atoms with Crippen molar-refractivity contribution >= 4 is 61.3 Å². The molecule has 2 rings (SSSR count). The summed E-state index contributed by atoms with van der Waals surface area (Å²) in [5.74, 6) is -0.675. The van der Waals surface area contributed by atoms with E-state index in [2.05, 4.69) is 47.7 Å². The van der Waals surface area contributed by atoms with Gasteiger partial charge in [-0.2, -0.15) is 5.10 Å². The third kappa shape index (κ3) is 4.86. The second-order valence-electron chi connectivity index (χ2n) is 4.61. The largest absolute Gasteiger partial charge is 0.506 e. The molecular formula is C15H12Br2ClN3O3. The summed E-state index contributed by atoms with van der Waals surface area (Å²) in [6, 6.07) is 8.40. The van der Waals surface area contributed by atoms with Crippen molar-refractivity contribution in [2.45, 2.75) is 0 Å². The lowest BCUT2D eigenvalue weighted by molar-refractivity contribution is -0.119. The quantitative estimate of drug-likeness (QED) is 0.389. The Bertz CT molecular complexity index is 783.